The first-order chi connectivity index (χ1) is 13.2. The lowest BCUT2D eigenvalue weighted by atomic mass is 9.87. The van der Waals surface area contributed by atoms with Crippen molar-refractivity contribution in [2.45, 2.75) is 18.9 Å². The van der Waals surface area contributed by atoms with Crippen LogP contribution in [0, 0.1) is 5.92 Å². The van der Waals surface area contributed by atoms with Crippen molar-refractivity contribution in [3.8, 4) is 0 Å². The van der Waals surface area contributed by atoms with E-state index in [1.807, 2.05) is 48.5 Å². The predicted molar refractivity (Wildman–Crippen MR) is 107 cm³/mol. The second-order valence-electron chi connectivity index (χ2n) is 6.95. The average Bonchev–Trinajstić information content (AvgIpc) is 3.19. The second-order valence-corrected chi connectivity index (χ2v) is 7.48. The zero-order valence-electron chi connectivity index (χ0n) is 14.9. The van der Waals surface area contributed by atoms with E-state index < -0.39 is 6.10 Å². The van der Waals surface area contributed by atoms with Crippen molar-refractivity contribution in [2.75, 3.05) is 25.0 Å². The Morgan fingerprint density at radius 3 is 2.70 bits per heavy atom. The van der Waals surface area contributed by atoms with Gasteiger partial charge < -0.3 is 10.4 Å². The molecule has 7 heteroatoms. The summed E-state index contributed by atoms with van der Waals surface area (Å²) in [5, 5.41) is 13.5. The summed E-state index contributed by atoms with van der Waals surface area (Å²) in [5.41, 5.74) is 3.22. The summed E-state index contributed by atoms with van der Waals surface area (Å²) in [6.07, 6.45) is 1.33. The lowest BCUT2D eigenvalue weighted by Gasteiger charge is -2.34. The molecule has 2 aromatic carbocycles. The van der Waals surface area contributed by atoms with E-state index >= 15 is 0 Å². The summed E-state index contributed by atoms with van der Waals surface area (Å²) in [5.74, 6) is 0.194. The van der Waals surface area contributed by atoms with Crippen molar-refractivity contribution in [3.05, 3.63) is 54.1 Å². The number of benzene rings is 2. The number of aliphatic hydroxyl groups excluding tert-OH is 1. The number of nitrogens with one attached hydrogen (secondary N) is 1. The zero-order valence-corrected chi connectivity index (χ0v) is 15.7. The van der Waals surface area contributed by atoms with Gasteiger partial charge in [-0.05, 0) is 49.5 Å². The van der Waals surface area contributed by atoms with Crippen LogP contribution in [0.2, 0.25) is 0 Å². The molecule has 1 fully saturated rings. The standard InChI is InChI=1S/C20H22N4O2S/c25-18(21-16-7-4-8-17-19(16)23-27-22-17)13-24-11-9-15(10-12-24)20(26)14-5-2-1-3-6-14/h1-8,15,20,26H,9-13H2,(H,21,25). The fourth-order valence-electron chi connectivity index (χ4n) is 3.65. The monoisotopic (exact) mass is 382 g/mol. The van der Waals surface area contributed by atoms with Crippen LogP contribution in [-0.4, -0.2) is 44.3 Å². The highest BCUT2D eigenvalue weighted by molar-refractivity contribution is 7.00. The molecule has 1 saturated heterocycles. The molecule has 0 spiro atoms. The van der Waals surface area contributed by atoms with Crippen LogP contribution in [0.3, 0.4) is 0 Å². The van der Waals surface area contributed by atoms with Crippen LogP contribution in [0.1, 0.15) is 24.5 Å². The first-order valence-electron chi connectivity index (χ1n) is 9.17. The van der Waals surface area contributed by atoms with Crippen LogP contribution < -0.4 is 5.32 Å². The summed E-state index contributed by atoms with van der Waals surface area (Å²) in [6, 6.07) is 15.4. The number of likely N-dealkylation sites (tertiary alicyclic amines) is 1. The molecule has 0 aliphatic carbocycles. The molecular formula is C20H22N4O2S. The van der Waals surface area contributed by atoms with Gasteiger partial charge in [0, 0.05) is 0 Å². The molecule has 2 N–H and O–H groups in total. The fourth-order valence-corrected chi connectivity index (χ4v) is 4.20. The van der Waals surface area contributed by atoms with E-state index in [0.717, 1.165) is 54.3 Å². The van der Waals surface area contributed by atoms with Crippen LogP contribution >= 0.6 is 11.7 Å². The lowest BCUT2D eigenvalue weighted by molar-refractivity contribution is -0.117. The number of carbonyl (C=O) groups is 1. The number of fused-ring (bicyclic) bond motifs is 1. The van der Waals surface area contributed by atoms with Crippen molar-refractivity contribution in [3.63, 3.8) is 0 Å². The normalized spacial score (nSPS) is 17.1. The minimum absolute atomic E-state index is 0.0439. The van der Waals surface area contributed by atoms with Crippen molar-refractivity contribution >= 4 is 34.4 Å². The van der Waals surface area contributed by atoms with Gasteiger partial charge in [0.25, 0.3) is 0 Å². The van der Waals surface area contributed by atoms with Crippen LogP contribution in [-0.2, 0) is 4.79 Å². The number of aromatic nitrogens is 2. The molecule has 6 nitrogen and oxygen atoms in total. The Balaban J connectivity index is 1.30. The van der Waals surface area contributed by atoms with Gasteiger partial charge in [0.05, 0.1) is 30.1 Å². The topological polar surface area (TPSA) is 78.4 Å². The Labute approximate surface area is 162 Å². The van der Waals surface area contributed by atoms with Crippen LogP contribution in [0.15, 0.2) is 48.5 Å². The summed E-state index contributed by atoms with van der Waals surface area (Å²) in [4.78, 5) is 14.6. The minimum Gasteiger partial charge on any atom is -0.388 e. The van der Waals surface area contributed by atoms with Crippen LogP contribution in [0.4, 0.5) is 5.69 Å². The second kappa shape index (κ2) is 8.12. The van der Waals surface area contributed by atoms with Crippen molar-refractivity contribution in [2.24, 2.45) is 5.92 Å². The maximum absolute atomic E-state index is 12.4. The Morgan fingerprint density at radius 1 is 1.15 bits per heavy atom. The Morgan fingerprint density at radius 2 is 1.93 bits per heavy atom. The number of carbonyl (C=O) groups excluding carboxylic acids is 1. The molecule has 1 unspecified atom stereocenters. The smallest absolute Gasteiger partial charge is 0.238 e. The van der Waals surface area contributed by atoms with Gasteiger partial charge in [-0.2, -0.15) is 8.75 Å². The van der Waals surface area contributed by atoms with E-state index in [4.69, 9.17) is 0 Å². The van der Waals surface area contributed by atoms with E-state index in [2.05, 4.69) is 19.0 Å². The van der Waals surface area contributed by atoms with E-state index in [1.165, 1.54) is 0 Å². The maximum atomic E-state index is 12.4. The van der Waals surface area contributed by atoms with Crippen LogP contribution in [0.5, 0.6) is 0 Å². The number of anilines is 1. The highest BCUT2D eigenvalue weighted by Gasteiger charge is 2.27. The number of hydrogen-bond donors (Lipinski definition) is 2. The number of rotatable bonds is 5. The molecular weight excluding hydrogens is 360 g/mol. The third kappa shape index (κ3) is 4.16. The molecule has 27 heavy (non-hydrogen) atoms. The molecule has 0 saturated carbocycles. The molecule has 3 aromatic rings. The molecule has 1 aliphatic rings. The van der Waals surface area contributed by atoms with E-state index in [-0.39, 0.29) is 11.8 Å². The first-order valence-corrected chi connectivity index (χ1v) is 9.90. The van der Waals surface area contributed by atoms with E-state index in [9.17, 15) is 9.90 Å². The quantitative estimate of drug-likeness (QED) is 0.709. The largest absolute Gasteiger partial charge is 0.388 e. The van der Waals surface area contributed by atoms with Gasteiger partial charge in [0.15, 0.2) is 0 Å². The van der Waals surface area contributed by atoms with Crippen molar-refractivity contribution < 1.29 is 9.90 Å². The number of amides is 1. The summed E-state index contributed by atoms with van der Waals surface area (Å²) in [6.45, 7) is 1.97. The van der Waals surface area contributed by atoms with E-state index in [1.54, 1.807) is 0 Å². The summed E-state index contributed by atoms with van der Waals surface area (Å²) in [7, 11) is 0. The van der Waals surface area contributed by atoms with Gasteiger partial charge in [0.2, 0.25) is 5.91 Å². The lowest BCUT2D eigenvalue weighted by Crippen LogP contribution is -2.40. The highest BCUT2D eigenvalue weighted by atomic mass is 32.1. The first kappa shape index (κ1) is 18.0. The number of nitrogens with zero attached hydrogens (tertiary/aromatic N) is 3. The summed E-state index contributed by atoms with van der Waals surface area (Å²) >= 11 is 1.15. The Hall–Kier alpha value is -2.35. The Kier molecular flexibility index (Phi) is 5.42. The average molecular weight is 382 g/mol. The zero-order chi connectivity index (χ0) is 18.6. The highest BCUT2D eigenvalue weighted by Crippen LogP contribution is 2.30. The van der Waals surface area contributed by atoms with Gasteiger partial charge in [-0.25, -0.2) is 0 Å². The van der Waals surface area contributed by atoms with Gasteiger partial charge in [0.1, 0.15) is 11.0 Å². The number of hydrogen-bond acceptors (Lipinski definition) is 6. The molecule has 1 aliphatic heterocycles. The number of piperidine rings is 1. The van der Waals surface area contributed by atoms with Gasteiger partial charge in [-0.15, -0.1) is 0 Å². The summed E-state index contributed by atoms with van der Waals surface area (Å²) < 4.78 is 8.45. The van der Waals surface area contributed by atoms with Gasteiger partial charge >= 0.3 is 0 Å². The third-order valence-electron chi connectivity index (χ3n) is 5.15. The SMILES string of the molecule is O=C(CN1CCC(C(O)c2ccccc2)CC1)Nc1cccc2nsnc12. The number of aliphatic hydroxyl groups is 1. The van der Waals surface area contributed by atoms with Crippen molar-refractivity contribution in [1.82, 2.24) is 13.6 Å². The maximum Gasteiger partial charge on any atom is 0.238 e. The molecule has 1 atom stereocenters. The van der Waals surface area contributed by atoms with E-state index in [0.29, 0.717) is 12.2 Å². The molecule has 0 bridgehead atoms. The molecule has 1 aromatic heterocycles. The predicted octanol–water partition coefficient (Wildman–Crippen LogP) is 3.08. The molecule has 4 rings (SSSR count). The van der Waals surface area contributed by atoms with Gasteiger partial charge in [-0.3, -0.25) is 9.69 Å². The molecule has 2 heterocycles. The third-order valence-corrected chi connectivity index (χ3v) is 5.69. The van der Waals surface area contributed by atoms with Crippen LogP contribution in [0.25, 0.3) is 11.0 Å². The van der Waals surface area contributed by atoms with Gasteiger partial charge in [-0.1, -0.05) is 36.4 Å². The molecule has 0 radical (unpaired) electrons. The van der Waals surface area contributed by atoms with Crippen molar-refractivity contribution in [1.29, 1.82) is 0 Å². The molecule has 140 valence electrons. The Bertz CT molecular complexity index is 907. The fraction of sp³-hybridized carbons (Fsp3) is 0.350. The molecule has 1 amide bonds. The minimum atomic E-state index is -0.433.